The van der Waals surface area contributed by atoms with Gasteiger partial charge in [0.25, 0.3) is 0 Å². The Morgan fingerprint density at radius 2 is 2.00 bits per heavy atom. The van der Waals surface area contributed by atoms with Crippen molar-refractivity contribution in [3.05, 3.63) is 35.1 Å². The Labute approximate surface area is 112 Å². The summed E-state index contributed by atoms with van der Waals surface area (Å²) in [6, 6.07) is 1.60. The van der Waals surface area contributed by atoms with Gasteiger partial charge in [0.05, 0.1) is 18.2 Å². The van der Waals surface area contributed by atoms with E-state index in [2.05, 4.69) is 10.1 Å². The molecule has 1 fully saturated rings. The first-order valence-corrected chi connectivity index (χ1v) is 5.18. The molecule has 0 aromatic heterocycles. The van der Waals surface area contributed by atoms with Gasteiger partial charge >= 0.3 is 12.3 Å². The Balaban J connectivity index is 0.00000180. The average molecular weight is 300 g/mol. The van der Waals surface area contributed by atoms with Gasteiger partial charge in [0.1, 0.15) is 5.82 Å². The number of ether oxygens (including phenoxy) is 1. The van der Waals surface area contributed by atoms with Gasteiger partial charge in [-0.05, 0) is 12.1 Å². The van der Waals surface area contributed by atoms with Crippen molar-refractivity contribution in [1.29, 1.82) is 0 Å². The van der Waals surface area contributed by atoms with E-state index in [1.807, 2.05) is 0 Å². The molecule has 0 radical (unpaired) electrons. The molecule has 8 heteroatoms. The van der Waals surface area contributed by atoms with Crippen LogP contribution in [0.2, 0.25) is 0 Å². The summed E-state index contributed by atoms with van der Waals surface area (Å²) < 4.78 is 55.2. The second kappa shape index (κ2) is 5.64. The van der Waals surface area contributed by atoms with Crippen molar-refractivity contribution in [2.45, 2.75) is 18.6 Å². The number of hydrogen-bond donors (Lipinski definition) is 1. The number of alkyl carbamates (subject to hydrolysis) is 1. The van der Waals surface area contributed by atoms with Crippen molar-refractivity contribution in [2.75, 3.05) is 6.61 Å². The number of halogens is 5. The van der Waals surface area contributed by atoms with Gasteiger partial charge in [0.2, 0.25) is 0 Å². The minimum Gasteiger partial charge on any atom is -0.449 e. The highest BCUT2D eigenvalue weighted by Crippen LogP contribution is 2.32. The van der Waals surface area contributed by atoms with Crippen molar-refractivity contribution >= 4 is 18.5 Å². The SMILES string of the molecule is Cl.O=C1N[C@H](c2ccc(C(F)(F)F)cc2F)CCO1. The molecule has 2 rings (SSSR count). The monoisotopic (exact) mass is 299 g/mol. The summed E-state index contributed by atoms with van der Waals surface area (Å²) in [4.78, 5) is 10.9. The smallest absolute Gasteiger partial charge is 0.416 e. The van der Waals surface area contributed by atoms with Gasteiger partial charge in [0, 0.05) is 12.0 Å². The van der Waals surface area contributed by atoms with E-state index in [4.69, 9.17) is 0 Å². The molecule has 0 aliphatic carbocycles. The van der Waals surface area contributed by atoms with Gasteiger partial charge < -0.3 is 10.1 Å². The Morgan fingerprint density at radius 3 is 2.53 bits per heavy atom. The van der Waals surface area contributed by atoms with Crippen LogP contribution in [0, 0.1) is 5.82 Å². The fraction of sp³-hybridized carbons (Fsp3) is 0.364. The quantitative estimate of drug-likeness (QED) is 0.807. The highest BCUT2D eigenvalue weighted by molar-refractivity contribution is 5.85. The molecule has 19 heavy (non-hydrogen) atoms. The van der Waals surface area contributed by atoms with Gasteiger partial charge in [-0.3, -0.25) is 0 Å². The predicted molar refractivity (Wildman–Crippen MR) is 60.5 cm³/mol. The summed E-state index contributed by atoms with van der Waals surface area (Å²) in [5.41, 5.74) is -1.03. The summed E-state index contributed by atoms with van der Waals surface area (Å²) in [7, 11) is 0. The summed E-state index contributed by atoms with van der Waals surface area (Å²) in [6.45, 7) is 0.108. The van der Waals surface area contributed by atoms with Crippen molar-refractivity contribution < 1.29 is 27.1 Å². The van der Waals surface area contributed by atoms with Crippen molar-refractivity contribution in [3.63, 3.8) is 0 Å². The minimum absolute atomic E-state index is 0. The van der Waals surface area contributed by atoms with Crippen LogP contribution in [0.3, 0.4) is 0 Å². The fourth-order valence-electron chi connectivity index (χ4n) is 1.74. The van der Waals surface area contributed by atoms with Gasteiger partial charge in [0.15, 0.2) is 0 Å². The summed E-state index contributed by atoms with van der Waals surface area (Å²) in [5.74, 6) is -0.989. The summed E-state index contributed by atoms with van der Waals surface area (Å²) in [6.07, 6.45) is -4.97. The molecule has 106 valence electrons. The third kappa shape index (κ3) is 3.50. The zero-order valence-electron chi connectivity index (χ0n) is 9.46. The van der Waals surface area contributed by atoms with Gasteiger partial charge in [-0.1, -0.05) is 6.07 Å². The van der Waals surface area contributed by atoms with Crippen LogP contribution in [0.1, 0.15) is 23.6 Å². The molecule has 1 amide bonds. The molecule has 1 atom stereocenters. The lowest BCUT2D eigenvalue weighted by Crippen LogP contribution is -2.35. The summed E-state index contributed by atoms with van der Waals surface area (Å²) >= 11 is 0. The number of amides is 1. The molecule has 1 heterocycles. The van der Waals surface area contributed by atoms with E-state index >= 15 is 0 Å². The zero-order valence-corrected chi connectivity index (χ0v) is 10.3. The molecule has 1 saturated heterocycles. The first-order valence-electron chi connectivity index (χ1n) is 5.18. The van der Waals surface area contributed by atoms with E-state index in [1.165, 1.54) is 0 Å². The zero-order chi connectivity index (χ0) is 13.3. The van der Waals surface area contributed by atoms with Crippen molar-refractivity contribution in [2.24, 2.45) is 0 Å². The van der Waals surface area contributed by atoms with Crippen LogP contribution in [-0.4, -0.2) is 12.7 Å². The van der Waals surface area contributed by atoms with E-state index in [9.17, 15) is 22.4 Å². The molecular formula is C11H10ClF4NO2. The second-order valence-corrected chi connectivity index (χ2v) is 3.86. The molecule has 1 aromatic carbocycles. The van der Waals surface area contributed by atoms with Crippen LogP contribution in [-0.2, 0) is 10.9 Å². The maximum Gasteiger partial charge on any atom is 0.416 e. The lowest BCUT2D eigenvalue weighted by Gasteiger charge is -2.24. The molecule has 1 aromatic rings. The highest BCUT2D eigenvalue weighted by Gasteiger charge is 2.32. The Morgan fingerprint density at radius 1 is 1.32 bits per heavy atom. The number of nitrogens with one attached hydrogen (secondary N) is 1. The van der Waals surface area contributed by atoms with Crippen LogP contribution in [0.5, 0.6) is 0 Å². The molecule has 3 nitrogen and oxygen atoms in total. The lowest BCUT2D eigenvalue weighted by atomic mass is 10.0. The van der Waals surface area contributed by atoms with Crippen LogP contribution in [0.4, 0.5) is 22.4 Å². The van der Waals surface area contributed by atoms with E-state index < -0.39 is 29.7 Å². The van der Waals surface area contributed by atoms with E-state index in [0.717, 1.165) is 12.1 Å². The Hall–Kier alpha value is -1.50. The Bertz CT molecular complexity index is 478. The molecule has 0 bridgehead atoms. The number of alkyl halides is 3. The topological polar surface area (TPSA) is 38.3 Å². The standard InChI is InChI=1S/C11H9F4NO2.ClH/c12-8-5-6(11(13,14)15)1-2-7(8)9-3-4-18-10(17)16-9;/h1-2,5,9H,3-4H2,(H,16,17);1H/t9-;/m0./s1. The van der Waals surface area contributed by atoms with Crippen LogP contribution in [0.15, 0.2) is 18.2 Å². The minimum atomic E-state index is -4.59. The fourth-order valence-corrected chi connectivity index (χ4v) is 1.74. The molecule has 0 unspecified atom stereocenters. The first kappa shape index (κ1) is 15.6. The molecule has 0 saturated carbocycles. The number of cyclic esters (lactones) is 1. The molecule has 1 N–H and O–H groups in total. The molecular weight excluding hydrogens is 290 g/mol. The average Bonchev–Trinajstić information content (AvgIpc) is 2.27. The van der Waals surface area contributed by atoms with Crippen molar-refractivity contribution in [1.82, 2.24) is 5.32 Å². The maximum absolute atomic E-state index is 13.6. The lowest BCUT2D eigenvalue weighted by molar-refractivity contribution is -0.137. The van der Waals surface area contributed by atoms with Crippen LogP contribution < -0.4 is 5.32 Å². The predicted octanol–water partition coefficient (Wildman–Crippen LogP) is 3.44. The number of carbonyl (C=O) groups is 1. The van der Waals surface area contributed by atoms with E-state index in [0.29, 0.717) is 12.5 Å². The van der Waals surface area contributed by atoms with E-state index in [1.54, 1.807) is 0 Å². The molecule has 1 aliphatic heterocycles. The van der Waals surface area contributed by atoms with Gasteiger partial charge in [-0.25, -0.2) is 9.18 Å². The third-order valence-corrected chi connectivity index (χ3v) is 2.63. The highest BCUT2D eigenvalue weighted by atomic mass is 35.5. The van der Waals surface area contributed by atoms with E-state index in [-0.39, 0.29) is 24.6 Å². The van der Waals surface area contributed by atoms with Crippen molar-refractivity contribution in [3.8, 4) is 0 Å². The number of carbonyl (C=O) groups excluding carboxylic acids is 1. The maximum atomic E-state index is 13.6. The molecule has 0 spiro atoms. The number of rotatable bonds is 1. The molecule has 1 aliphatic rings. The van der Waals surface area contributed by atoms with Gasteiger partial charge in [-0.15, -0.1) is 12.4 Å². The second-order valence-electron chi connectivity index (χ2n) is 3.86. The normalized spacial score (nSPS) is 19.2. The number of benzene rings is 1. The summed E-state index contributed by atoms with van der Waals surface area (Å²) in [5, 5.41) is 2.35. The largest absolute Gasteiger partial charge is 0.449 e. The Kier molecular flexibility index (Phi) is 4.62. The number of hydrogen-bond acceptors (Lipinski definition) is 2. The van der Waals surface area contributed by atoms with Crippen LogP contribution in [0.25, 0.3) is 0 Å². The van der Waals surface area contributed by atoms with Gasteiger partial charge in [-0.2, -0.15) is 13.2 Å². The van der Waals surface area contributed by atoms with Crippen LogP contribution >= 0.6 is 12.4 Å². The first-order chi connectivity index (χ1) is 8.38. The third-order valence-electron chi connectivity index (χ3n) is 2.63.